The van der Waals surface area contributed by atoms with Crippen molar-refractivity contribution in [2.45, 2.75) is 77.6 Å². The van der Waals surface area contributed by atoms with Crippen LogP contribution in [0.4, 0.5) is 5.69 Å². The molecular weight excluding hydrogens is 756 g/mol. The number of nitrogens with one attached hydrogen (secondary N) is 2. The number of benzene rings is 2. The molecule has 4 aliphatic rings. The highest BCUT2D eigenvalue weighted by Gasteiger charge is 2.33. The van der Waals surface area contributed by atoms with Crippen LogP contribution < -0.4 is 10.6 Å². The first kappa shape index (κ1) is 41.8. The van der Waals surface area contributed by atoms with Gasteiger partial charge >= 0.3 is 0 Å². The van der Waals surface area contributed by atoms with Crippen molar-refractivity contribution in [3.8, 4) is 0 Å². The van der Waals surface area contributed by atoms with Crippen LogP contribution in [0.25, 0.3) is 0 Å². The number of hydrogen-bond acceptors (Lipinski definition) is 9. The number of rotatable bonds is 21. The van der Waals surface area contributed by atoms with E-state index < -0.39 is 0 Å². The van der Waals surface area contributed by atoms with Gasteiger partial charge < -0.3 is 10.6 Å². The number of carbonyl (C=O) groups excluding carboxylic acids is 4. The van der Waals surface area contributed by atoms with Crippen molar-refractivity contribution in [2.75, 3.05) is 89.9 Å². The highest BCUT2D eigenvalue weighted by molar-refractivity contribution is 9.09. The molecule has 300 valence electrons. The molecule has 2 saturated heterocycles. The maximum Gasteiger partial charge on any atom is 0.238 e. The van der Waals surface area contributed by atoms with Gasteiger partial charge in [0.2, 0.25) is 5.91 Å². The van der Waals surface area contributed by atoms with Gasteiger partial charge in [-0.05, 0) is 95.1 Å². The van der Waals surface area contributed by atoms with E-state index in [9.17, 15) is 19.2 Å². The maximum atomic E-state index is 13.8. The molecule has 0 bridgehead atoms. The van der Waals surface area contributed by atoms with E-state index >= 15 is 0 Å². The molecule has 2 aliphatic carbocycles. The molecule has 2 aromatic carbocycles. The number of Topliss-reactive ketones (excluding diaryl/α,β-unsaturated/α-hetero) is 1. The summed E-state index contributed by atoms with van der Waals surface area (Å²) in [6, 6.07) is 11.8. The summed E-state index contributed by atoms with van der Waals surface area (Å²) in [7, 11) is 1.99. The maximum absolute atomic E-state index is 13.8. The van der Waals surface area contributed by atoms with E-state index in [0.717, 1.165) is 102 Å². The molecule has 3 fully saturated rings. The van der Waals surface area contributed by atoms with Crippen LogP contribution in [-0.2, 0) is 9.59 Å². The van der Waals surface area contributed by atoms with Gasteiger partial charge in [-0.2, -0.15) is 0 Å². The largest absolute Gasteiger partial charge is 0.325 e. The second-order valence-electron chi connectivity index (χ2n) is 17.0. The average Bonchev–Trinajstić information content (AvgIpc) is 3.97. The zero-order valence-corrected chi connectivity index (χ0v) is 34.8. The first-order valence-corrected chi connectivity index (χ1v) is 22.0. The molecule has 0 spiro atoms. The number of hydrogen-bond donors (Lipinski definition) is 2. The predicted molar refractivity (Wildman–Crippen MR) is 223 cm³/mol. The van der Waals surface area contributed by atoms with Crippen molar-refractivity contribution in [1.29, 1.82) is 0 Å². The smallest absolute Gasteiger partial charge is 0.238 e. The monoisotopic (exact) mass is 818 g/mol. The highest BCUT2D eigenvalue weighted by Crippen LogP contribution is 2.34. The first-order valence-electron chi connectivity index (χ1n) is 20.9. The van der Waals surface area contributed by atoms with Crippen LogP contribution in [0.2, 0.25) is 0 Å². The summed E-state index contributed by atoms with van der Waals surface area (Å²) in [5, 5.41) is 7.13. The van der Waals surface area contributed by atoms with Gasteiger partial charge in [-0.3, -0.25) is 38.8 Å². The van der Waals surface area contributed by atoms with Gasteiger partial charge in [-0.25, -0.2) is 0 Å². The Morgan fingerprint density at radius 2 is 1.49 bits per heavy atom. The lowest BCUT2D eigenvalue weighted by Gasteiger charge is -2.30. The zero-order chi connectivity index (χ0) is 38.8. The minimum Gasteiger partial charge on any atom is -0.325 e. The van der Waals surface area contributed by atoms with Gasteiger partial charge in [-0.1, -0.05) is 66.4 Å². The average molecular weight is 820 g/mol. The molecule has 2 N–H and O–H groups in total. The van der Waals surface area contributed by atoms with Gasteiger partial charge in [0.1, 0.15) is 5.78 Å². The molecule has 2 aromatic rings. The Labute approximate surface area is 337 Å². The lowest BCUT2D eigenvalue weighted by Crippen LogP contribution is -2.35. The molecule has 11 heteroatoms. The third-order valence-electron chi connectivity index (χ3n) is 12.6. The highest BCUT2D eigenvalue weighted by atomic mass is 79.9. The number of fused-ring (bicyclic) bond motifs is 2. The SMILES string of the molecule is CNCCCC(C)(CCCC(CBr)CN1CCN(CC(=O)Nc2ccc3c(c2)C(=O)c2ccccc2C3=O)C1)C(=O)CCCN1CCN(CC2CCCC2)C1. The Morgan fingerprint density at radius 1 is 0.836 bits per heavy atom. The normalized spacial score (nSPS) is 20.1. The van der Waals surface area contributed by atoms with Gasteiger partial charge in [-0.15, -0.1) is 0 Å². The summed E-state index contributed by atoms with van der Waals surface area (Å²) in [6.07, 6.45) is 12.2. The summed E-state index contributed by atoms with van der Waals surface area (Å²) in [6.45, 7) is 12.4. The minimum absolute atomic E-state index is 0.141. The Morgan fingerprint density at radius 3 is 2.24 bits per heavy atom. The van der Waals surface area contributed by atoms with E-state index in [0.29, 0.717) is 46.1 Å². The second-order valence-corrected chi connectivity index (χ2v) is 17.6. The fourth-order valence-electron chi connectivity index (χ4n) is 9.35. The Kier molecular flexibility index (Phi) is 15.3. The van der Waals surface area contributed by atoms with Gasteiger partial charge in [0.15, 0.2) is 11.6 Å². The number of ketones is 3. The third-order valence-corrected chi connectivity index (χ3v) is 13.5. The molecule has 2 heterocycles. The van der Waals surface area contributed by atoms with Crippen molar-refractivity contribution in [3.63, 3.8) is 0 Å². The number of carbonyl (C=O) groups is 4. The summed E-state index contributed by atoms with van der Waals surface area (Å²) in [4.78, 5) is 62.7. The predicted octanol–water partition coefficient (Wildman–Crippen LogP) is 6.28. The summed E-state index contributed by atoms with van der Waals surface area (Å²) >= 11 is 3.78. The quantitative estimate of drug-likeness (QED) is 0.0951. The molecule has 0 aromatic heterocycles. The topological polar surface area (TPSA) is 105 Å². The Balaban J connectivity index is 0.915. The molecule has 1 amide bonds. The first-order chi connectivity index (χ1) is 26.7. The van der Waals surface area contributed by atoms with E-state index in [1.54, 1.807) is 42.5 Å². The molecule has 1 saturated carbocycles. The number of alkyl halides is 1. The Hall–Kier alpha value is -2.80. The van der Waals surface area contributed by atoms with Crippen LogP contribution in [0.15, 0.2) is 42.5 Å². The van der Waals surface area contributed by atoms with Gasteiger partial charge in [0.05, 0.1) is 19.9 Å². The molecule has 2 atom stereocenters. The molecule has 0 radical (unpaired) electrons. The lowest BCUT2D eigenvalue weighted by molar-refractivity contribution is -0.129. The minimum atomic E-state index is -0.281. The fourth-order valence-corrected chi connectivity index (χ4v) is 9.88. The lowest BCUT2D eigenvalue weighted by atomic mass is 9.75. The molecular formula is C44H63BrN6O4. The van der Waals surface area contributed by atoms with Crippen LogP contribution in [0, 0.1) is 17.3 Å². The fraction of sp³-hybridized carbons (Fsp3) is 0.636. The van der Waals surface area contributed by atoms with Crippen molar-refractivity contribution in [3.05, 3.63) is 64.7 Å². The van der Waals surface area contributed by atoms with E-state index in [-0.39, 0.29) is 29.4 Å². The summed E-state index contributed by atoms with van der Waals surface area (Å²) in [5.41, 5.74) is 1.76. The number of nitrogens with zero attached hydrogens (tertiary/aromatic N) is 4. The van der Waals surface area contributed by atoms with Crippen molar-refractivity contribution in [1.82, 2.24) is 24.9 Å². The van der Waals surface area contributed by atoms with Crippen molar-refractivity contribution >= 4 is 44.9 Å². The standard InChI is InChI=1S/C44H63BrN6O4/c1-44(19-9-20-46-2,40(52)15-8-21-48-22-23-49(31-48)28-33-10-3-4-11-33)18-7-12-34(27-45)29-50-24-25-51(32-50)30-41(53)47-35-16-17-38-39(26-35)43(55)37-14-6-5-13-36(37)42(38)54/h5-6,13-14,16-17,26,33-34,46H,3-4,7-12,15,18-25,27-32H2,1-2H3,(H,47,53). The van der Waals surface area contributed by atoms with Crippen LogP contribution >= 0.6 is 15.9 Å². The van der Waals surface area contributed by atoms with Gasteiger partial charge in [0.25, 0.3) is 0 Å². The summed E-state index contributed by atoms with van der Waals surface area (Å²) < 4.78 is 0. The molecule has 10 nitrogen and oxygen atoms in total. The number of halogens is 1. The van der Waals surface area contributed by atoms with E-state index in [1.165, 1.54) is 38.8 Å². The molecule has 2 aliphatic heterocycles. The van der Waals surface area contributed by atoms with Gasteiger partial charge in [0, 0.05) is 84.4 Å². The third kappa shape index (κ3) is 11.2. The molecule has 55 heavy (non-hydrogen) atoms. The van der Waals surface area contributed by atoms with Crippen LogP contribution in [0.1, 0.15) is 109 Å². The second kappa shape index (κ2) is 20.1. The number of anilines is 1. The van der Waals surface area contributed by atoms with E-state index in [1.807, 2.05) is 7.05 Å². The molecule has 2 unspecified atom stereocenters. The van der Waals surface area contributed by atoms with Crippen molar-refractivity contribution in [2.24, 2.45) is 17.3 Å². The summed E-state index contributed by atoms with van der Waals surface area (Å²) in [5.74, 6) is 1.29. The van der Waals surface area contributed by atoms with Crippen LogP contribution in [0.5, 0.6) is 0 Å². The van der Waals surface area contributed by atoms with Crippen LogP contribution in [0.3, 0.4) is 0 Å². The molecule has 6 rings (SSSR count). The number of amides is 1. The van der Waals surface area contributed by atoms with E-state index in [4.69, 9.17) is 0 Å². The van der Waals surface area contributed by atoms with Crippen molar-refractivity contribution < 1.29 is 19.2 Å². The Bertz CT molecular complexity index is 1650. The van der Waals surface area contributed by atoms with E-state index in [2.05, 4.69) is 53.1 Å². The zero-order valence-electron chi connectivity index (χ0n) is 33.3. The van der Waals surface area contributed by atoms with Crippen LogP contribution in [-0.4, -0.2) is 127 Å².